The minimum atomic E-state index is -4.63. The summed E-state index contributed by atoms with van der Waals surface area (Å²) in [6.07, 6.45) is -5.03. The fourth-order valence-electron chi connectivity index (χ4n) is 4.49. The van der Waals surface area contributed by atoms with Crippen molar-refractivity contribution in [1.29, 1.82) is 0 Å². The first kappa shape index (κ1) is 22.2. The lowest BCUT2D eigenvalue weighted by molar-refractivity contribution is -0.156. The molecular weight excluding hydrogens is 405 g/mol. The molecule has 2 aliphatic rings. The van der Waals surface area contributed by atoms with E-state index in [-0.39, 0.29) is 12.1 Å². The molecule has 3 rings (SSSR count). The summed E-state index contributed by atoms with van der Waals surface area (Å²) in [4.78, 5) is 39.3. The van der Waals surface area contributed by atoms with Gasteiger partial charge < -0.3 is 10.2 Å². The molecule has 7 nitrogen and oxygen atoms in total. The van der Waals surface area contributed by atoms with Crippen LogP contribution in [0.3, 0.4) is 0 Å². The molecule has 10 heteroatoms. The number of unbranched alkanes of at least 4 members (excludes halogenated alkanes) is 1. The average molecular weight is 428 g/mol. The molecule has 2 saturated heterocycles. The van der Waals surface area contributed by atoms with Crippen LogP contribution >= 0.6 is 0 Å². The number of aliphatic hydroxyl groups is 1. The molecule has 2 fully saturated rings. The Labute approximate surface area is 170 Å². The fraction of sp³-hybridized carbons (Fsp3) is 0.550. The molecule has 164 valence electrons. The number of carbonyl (C=O) groups excluding carboxylic acids is 2. The van der Waals surface area contributed by atoms with Crippen molar-refractivity contribution >= 4 is 17.8 Å². The molecule has 2 aliphatic heterocycles. The Morgan fingerprint density at radius 2 is 1.97 bits per heavy atom. The zero-order chi connectivity index (χ0) is 22.4. The minimum Gasteiger partial charge on any atom is -0.480 e. The number of fused-ring (bicyclic) bond motifs is 1. The summed E-state index contributed by atoms with van der Waals surface area (Å²) in [5, 5.41) is 22.9. The molecule has 1 aromatic rings. The number of aliphatic carboxylic acids is 1. The van der Waals surface area contributed by atoms with Crippen LogP contribution in [0.4, 0.5) is 13.2 Å². The van der Waals surface area contributed by atoms with Gasteiger partial charge in [-0.15, -0.1) is 0 Å². The molecule has 5 atom stereocenters. The highest BCUT2D eigenvalue weighted by molar-refractivity contribution is 6.09. The molecule has 2 amide bonds. The standard InChI is InChI=1S/C20H23F3N2O5/c1-3-4-8-25-16(27)13-14(17(25)28)19(10(2)26,18(29)30)24-15(13)11-6-5-7-12(9-11)20(21,22)23/h5-7,9-10,13-15,24,26H,3-4,8H2,1-2H3,(H,29,30). The number of carboxylic acid groups (broad SMARTS) is 1. The number of halogens is 3. The fourth-order valence-corrected chi connectivity index (χ4v) is 4.49. The van der Waals surface area contributed by atoms with Gasteiger partial charge in [0.1, 0.15) is 0 Å². The average Bonchev–Trinajstić information content (AvgIpc) is 3.15. The van der Waals surface area contributed by atoms with E-state index >= 15 is 0 Å². The first-order valence-electron chi connectivity index (χ1n) is 9.68. The number of imide groups is 1. The Balaban J connectivity index is 2.13. The van der Waals surface area contributed by atoms with Crippen molar-refractivity contribution in [3.05, 3.63) is 35.4 Å². The van der Waals surface area contributed by atoms with Crippen molar-refractivity contribution in [2.45, 2.75) is 50.6 Å². The van der Waals surface area contributed by atoms with Crippen LogP contribution in [-0.2, 0) is 20.6 Å². The first-order chi connectivity index (χ1) is 14.0. The topological polar surface area (TPSA) is 107 Å². The van der Waals surface area contributed by atoms with Crippen molar-refractivity contribution in [2.24, 2.45) is 11.8 Å². The summed E-state index contributed by atoms with van der Waals surface area (Å²) in [6, 6.07) is 3.03. The predicted molar refractivity (Wildman–Crippen MR) is 98.0 cm³/mol. The predicted octanol–water partition coefficient (Wildman–Crippen LogP) is 1.96. The molecule has 0 bridgehead atoms. The van der Waals surface area contributed by atoms with Gasteiger partial charge in [0.15, 0.2) is 5.54 Å². The van der Waals surface area contributed by atoms with Crippen LogP contribution in [0.2, 0.25) is 0 Å². The number of hydrogen-bond donors (Lipinski definition) is 3. The van der Waals surface area contributed by atoms with Crippen molar-refractivity contribution in [3.8, 4) is 0 Å². The second-order valence-electron chi connectivity index (χ2n) is 7.78. The van der Waals surface area contributed by atoms with E-state index in [9.17, 15) is 37.8 Å². The number of rotatable bonds is 6. The van der Waals surface area contributed by atoms with Gasteiger partial charge >= 0.3 is 12.1 Å². The molecule has 2 heterocycles. The second kappa shape index (κ2) is 7.66. The van der Waals surface area contributed by atoms with E-state index in [2.05, 4.69) is 5.32 Å². The Morgan fingerprint density at radius 1 is 1.30 bits per heavy atom. The monoisotopic (exact) mass is 428 g/mol. The zero-order valence-corrected chi connectivity index (χ0v) is 16.4. The van der Waals surface area contributed by atoms with Crippen LogP contribution in [0.25, 0.3) is 0 Å². The number of amides is 2. The van der Waals surface area contributed by atoms with Gasteiger partial charge in [0, 0.05) is 12.6 Å². The highest BCUT2D eigenvalue weighted by atomic mass is 19.4. The van der Waals surface area contributed by atoms with Gasteiger partial charge in [0.25, 0.3) is 0 Å². The highest BCUT2D eigenvalue weighted by Gasteiger charge is 2.70. The SMILES string of the molecule is CCCCN1C(=O)C2C(c3cccc(C(F)(F)F)c3)NC(C(=O)O)(C(C)O)C2C1=O. The lowest BCUT2D eigenvalue weighted by atomic mass is 9.76. The van der Waals surface area contributed by atoms with E-state index in [0.29, 0.717) is 12.8 Å². The quantitative estimate of drug-likeness (QED) is 0.598. The lowest BCUT2D eigenvalue weighted by Crippen LogP contribution is -2.62. The highest BCUT2D eigenvalue weighted by Crippen LogP contribution is 2.50. The number of benzene rings is 1. The van der Waals surface area contributed by atoms with Crippen LogP contribution < -0.4 is 5.32 Å². The minimum absolute atomic E-state index is 0.0297. The molecule has 3 N–H and O–H groups in total. The normalized spacial score (nSPS) is 29.9. The van der Waals surface area contributed by atoms with Crippen molar-refractivity contribution in [1.82, 2.24) is 10.2 Å². The summed E-state index contributed by atoms with van der Waals surface area (Å²) >= 11 is 0. The Morgan fingerprint density at radius 3 is 2.50 bits per heavy atom. The van der Waals surface area contributed by atoms with Gasteiger partial charge in [0.05, 0.1) is 23.5 Å². The molecule has 0 radical (unpaired) electrons. The lowest BCUT2D eigenvalue weighted by Gasteiger charge is -2.33. The van der Waals surface area contributed by atoms with Gasteiger partial charge in [0.2, 0.25) is 11.8 Å². The zero-order valence-electron chi connectivity index (χ0n) is 16.4. The van der Waals surface area contributed by atoms with Crippen LogP contribution in [0, 0.1) is 11.8 Å². The van der Waals surface area contributed by atoms with E-state index in [0.717, 1.165) is 23.1 Å². The van der Waals surface area contributed by atoms with Crippen LogP contribution in [-0.4, -0.2) is 51.1 Å². The number of carbonyl (C=O) groups is 3. The van der Waals surface area contributed by atoms with Gasteiger partial charge in [-0.25, -0.2) is 0 Å². The van der Waals surface area contributed by atoms with Crippen molar-refractivity contribution < 1.29 is 37.8 Å². The van der Waals surface area contributed by atoms with E-state index in [1.807, 2.05) is 6.92 Å². The number of alkyl halides is 3. The molecule has 0 aromatic heterocycles. The van der Waals surface area contributed by atoms with Gasteiger partial charge in [-0.05, 0) is 31.0 Å². The van der Waals surface area contributed by atoms with Gasteiger partial charge in [-0.2, -0.15) is 13.2 Å². The maximum Gasteiger partial charge on any atom is 0.416 e. The molecule has 5 unspecified atom stereocenters. The first-order valence-corrected chi connectivity index (χ1v) is 9.68. The Hall–Kier alpha value is -2.46. The third-order valence-electron chi connectivity index (χ3n) is 6.01. The van der Waals surface area contributed by atoms with Gasteiger partial charge in [-0.1, -0.05) is 25.5 Å². The number of nitrogens with zero attached hydrogens (tertiary/aromatic N) is 1. The third kappa shape index (κ3) is 3.27. The smallest absolute Gasteiger partial charge is 0.416 e. The molecular formula is C20H23F3N2O5. The Bertz CT molecular complexity index is 872. The Kier molecular flexibility index (Phi) is 5.68. The van der Waals surface area contributed by atoms with Crippen LogP contribution in [0.5, 0.6) is 0 Å². The number of nitrogens with one attached hydrogen (secondary N) is 1. The van der Waals surface area contributed by atoms with Crippen LogP contribution in [0.1, 0.15) is 43.9 Å². The van der Waals surface area contributed by atoms with Crippen molar-refractivity contribution in [2.75, 3.05) is 6.54 Å². The van der Waals surface area contributed by atoms with E-state index < -0.39 is 59.0 Å². The van der Waals surface area contributed by atoms with E-state index in [1.165, 1.54) is 13.0 Å². The van der Waals surface area contributed by atoms with Crippen molar-refractivity contribution in [3.63, 3.8) is 0 Å². The summed E-state index contributed by atoms with van der Waals surface area (Å²) in [5.74, 6) is -5.58. The third-order valence-corrected chi connectivity index (χ3v) is 6.01. The molecule has 30 heavy (non-hydrogen) atoms. The molecule has 0 aliphatic carbocycles. The van der Waals surface area contributed by atoms with E-state index in [4.69, 9.17) is 0 Å². The number of carboxylic acids is 1. The molecule has 0 spiro atoms. The summed E-state index contributed by atoms with van der Waals surface area (Å²) in [7, 11) is 0. The molecule has 0 saturated carbocycles. The van der Waals surface area contributed by atoms with Gasteiger partial charge in [-0.3, -0.25) is 24.6 Å². The maximum absolute atomic E-state index is 13.2. The summed E-state index contributed by atoms with van der Waals surface area (Å²) in [5.41, 5.74) is -3.12. The molecule has 1 aromatic carbocycles. The number of likely N-dealkylation sites (tertiary alicyclic amines) is 1. The number of hydrogen-bond acceptors (Lipinski definition) is 5. The largest absolute Gasteiger partial charge is 0.480 e. The summed E-state index contributed by atoms with van der Waals surface area (Å²) in [6.45, 7) is 3.13. The number of aliphatic hydroxyl groups excluding tert-OH is 1. The van der Waals surface area contributed by atoms with E-state index in [1.54, 1.807) is 0 Å². The second-order valence-corrected chi connectivity index (χ2v) is 7.78. The van der Waals surface area contributed by atoms with Crippen LogP contribution in [0.15, 0.2) is 24.3 Å². The summed E-state index contributed by atoms with van der Waals surface area (Å²) < 4.78 is 39.6. The maximum atomic E-state index is 13.2.